The van der Waals surface area contributed by atoms with E-state index in [0.29, 0.717) is 25.9 Å². The summed E-state index contributed by atoms with van der Waals surface area (Å²) in [5.41, 5.74) is 10.3. The minimum Gasteiger partial charge on any atom is -0.370 e. The highest BCUT2D eigenvalue weighted by Crippen LogP contribution is 2.37. The second kappa shape index (κ2) is 5.84. The fraction of sp³-hybridized carbons (Fsp3) is 0.818. The van der Waals surface area contributed by atoms with Gasteiger partial charge in [0.1, 0.15) is 0 Å². The monoisotopic (exact) mass is 227 g/mol. The zero-order valence-corrected chi connectivity index (χ0v) is 9.63. The number of carbonyl (C=O) groups is 2. The number of hydrogen-bond donors (Lipinski definition) is 3. The van der Waals surface area contributed by atoms with Crippen molar-refractivity contribution in [3.63, 3.8) is 0 Å². The summed E-state index contributed by atoms with van der Waals surface area (Å²) >= 11 is 0. The Bertz CT molecular complexity index is 260. The average Bonchev–Trinajstić information content (AvgIpc) is 2.73. The summed E-state index contributed by atoms with van der Waals surface area (Å²) in [5, 5.41) is 2.84. The number of hydrogen-bond acceptors (Lipinski definition) is 3. The zero-order chi connectivity index (χ0) is 12.0. The number of rotatable bonds is 6. The lowest BCUT2D eigenvalue weighted by Gasteiger charge is -2.25. The minimum atomic E-state index is -0.354. The Kier molecular flexibility index (Phi) is 4.73. The van der Waals surface area contributed by atoms with Crippen LogP contribution in [0.2, 0.25) is 0 Å². The molecule has 0 aromatic carbocycles. The second-order valence-corrected chi connectivity index (χ2v) is 4.52. The quantitative estimate of drug-likeness (QED) is 0.552. The van der Waals surface area contributed by atoms with Crippen molar-refractivity contribution in [2.24, 2.45) is 16.9 Å². The van der Waals surface area contributed by atoms with Crippen LogP contribution in [0, 0.1) is 5.41 Å². The number of carbonyl (C=O) groups excluding carboxylic acids is 2. The molecule has 0 aromatic heterocycles. The third-order valence-electron chi connectivity index (χ3n) is 3.32. The van der Waals surface area contributed by atoms with Crippen LogP contribution in [0.5, 0.6) is 0 Å². The molecule has 16 heavy (non-hydrogen) atoms. The molecule has 0 aromatic rings. The van der Waals surface area contributed by atoms with Gasteiger partial charge in [0.2, 0.25) is 11.8 Å². The molecule has 0 aliphatic heterocycles. The van der Waals surface area contributed by atoms with Crippen LogP contribution in [-0.2, 0) is 9.59 Å². The molecule has 5 N–H and O–H groups in total. The molecule has 1 saturated carbocycles. The molecular weight excluding hydrogens is 206 g/mol. The van der Waals surface area contributed by atoms with Gasteiger partial charge >= 0.3 is 0 Å². The van der Waals surface area contributed by atoms with Gasteiger partial charge in [-0.3, -0.25) is 9.59 Å². The molecule has 1 rings (SSSR count). The minimum absolute atomic E-state index is 0.0389. The summed E-state index contributed by atoms with van der Waals surface area (Å²) in [5.74, 6) is -0.291. The van der Waals surface area contributed by atoms with Crippen LogP contribution in [0.3, 0.4) is 0 Å². The topological polar surface area (TPSA) is 98.2 Å². The Morgan fingerprint density at radius 1 is 1.25 bits per heavy atom. The Labute approximate surface area is 95.9 Å². The van der Waals surface area contributed by atoms with Crippen molar-refractivity contribution in [2.45, 2.75) is 38.5 Å². The third kappa shape index (κ3) is 3.20. The van der Waals surface area contributed by atoms with E-state index in [1.54, 1.807) is 0 Å². The Hall–Kier alpha value is -1.10. The summed E-state index contributed by atoms with van der Waals surface area (Å²) in [6.07, 6.45) is 4.83. The molecule has 5 heteroatoms. The van der Waals surface area contributed by atoms with E-state index in [1.165, 1.54) is 0 Å². The van der Waals surface area contributed by atoms with E-state index in [0.717, 1.165) is 25.7 Å². The van der Waals surface area contributed by atoms with E-state index < -0.39 is 0 Å². The van der Waals surface area contributed by atoms with E-state index in [2.05, 4.69) is 5.32 Å². The molecule has 0 radical (unpaired) electrons. The van der Waals surface area contributed by atoms with E-state index in [-0.39, 0.29) is 17.2 Å². The smallest absolute Gasteiger partial charge is 0.227 e. The highest BCUT2D eigenvalue weighted by Gasteiger charge is 2.39. The van der Waals surface area contributed by atoms with Crippen molar-refractivity contribution < 1.29 is 9.59 Å². The van der Waals surface area contributed by atoms with Gasteiger partial charge in [-0.05, 0) is 19.3 Å². The summed E-state index contributed by atoms with van der Waals surface area (Å²) in [4.78, 5) is 22.4. The van der Waals surface area contributed by atoms with Gasteiger partial charge in [-0.1, -0.05) is 12.8 Å². The first-order valence-electron chi connectivity index (χ1n) is 5.87. The first-order chi connectivity index (χ1) is 7.60. The van der Waals surface area contributed by atoms with Crippen LogP contribution in [-0.4, -0.2) is 24.9 Å². The summed E-state index contributed by atoms with van der Waals surface area (Å²) in [6, 6.07) is 0. The number of nitrogens with one attached hydrogen (secondary N) is 1. The van der Waals surface area contributed by atoms with Crippen LogP contribution < -0.4 is 16.8 Å². The molecule has 0 bridgehead atoms. The maximum atomic E-state index is 11.9. The van der Waals surface area contributed by atoms with Crippen molar-refractivity contribution >= 4 is 11.8 Å². The van der Waals surface area contributed by atoms with Gasteiger partial charge in [-0.15, -0.1) is 0 Å². The molecule has 5 nitrogen and oxygen atoms in total. The van der Waals surface area contributed by atoms with Gasteiger partial charge in [-0.2, -0.15) is 0 Å². The number of amides is 2. The van der Waals surface area contributed by atoms with Crippen molar-refractivity contribution in [3.8, 4) is 0 Å². The zero-order valence-electron chi connectivity index (χ0n) is 9.63. The van der Waals surface area contributed by atoms with Crippen LogP contribution in [0.4, 0.5) is 0 Å². The predicted octanol–water partition coefficient (Wildman–Crippen LogP) is -0.113. The lowest BCUT2D eigenvalue weighted by atomic mass is 9.85. The van der Waals surface area contributed by atoms with Crippen molar-refractivity contribution in [1.82, 2.24) is 5.32 Å². The Morgan fingerprint density at radius 3 is 2.38 bits per heavy atom. The number of nitrogens with two attached hydrogens (primary N) is 2. The van der Waals surface area contributed by atoms with E-state index in [9.17, 15) is 9.59 Å². The lowest BCUT2D eigenvalue weighted by molar-refractivity contribution is -0.130. The molecule has 2 amide bonds. The molecule has 0 spiro atoms. The first kappa shape index (κ1) is 13.0. The highest BCUT2D eigenvalue weighted by atomic mass is 16.2. The Morgan fingerprint density at radius 2 is 1.88 bits per heavy atom. The maximum absolute atomic E-state index is 11.9. The van der Waals surface area contributed by atoms with E-state index in [1.807, 2.05) is 0 Å². The average molecular weight is 227 g/mol. The second-order valence-electron chi connectivity index (χ2n) is 4.52. The van der Waals surface area contributed by atoms with Crippen LogP contribution in [0.1, 0.15) is 38.5 Å². The van der Waals surface area contributed by atoms with Crippen molar-refractivity contribution in [3.05, 3.63) is 0 Å². The van der Waals surface area contributed by atoms with Gasteiger partial charge < -0.3 is 16.8 Å². The van der Waals surface area contributed by atoms with Gasteiger partial charge in [-0.25, -0.2) is 0 Å². The SMILES string of the molecule is NCC1(C(=O)NCCCC(N)=O)CCCC1. The van der Waals surface area contributed by atoms with Crippen LogP contribution in [0.15, 0.2) is 0 Å². The molecule has 0 unspecified atom stereocenters. The molecule has 0 saturated heterocycles. The summed E-state index contributed by atoms with van der Waals surface area (Å²) in [7, 11) is 0. The van der Waals surface area contributed by atoms with Crippen molar-refractivity contribution in [2.75, 3.05) is 13.1 Å². The third-order valence-corrected chi connectivity index (χ3v) is 3.32. The summed E-state index contributed by atoms with van der Waals surface area (Å²) in [6.45, 7) is 0.915. The predicted molar refractivity (Wildman–Crippen MR) is 61.4 cm³/mol. The van der Waals surface area contributed by atoms with Crippen molar-refractivity contribution in [1.29, 1.82) is 0 Å². The molecule has 1 aliphatic carbocycles. The highest BCUT2D eigenvalue weighted by molar-refractivity contribution is 5.83. The summed E-state index contributed by atoms with van der Waals surface area (Å²) < 4.78 is 0. The number of primary amides is 1. The van der Waals surface area contributed by atoms with Gasteiger partial charge in [0.15, 0.2) is 0 Å². The largest absolute Gasteiger partial charge is 0.370 e. The normalized spacial score (nSPS) is 18.3. The molecular formula is C11H21N3O2. The Balaban J connectivity index is 2.30. The molecule has 92 valence electrons. The maximum Gasteiger partial charge on any atom is 0.227 e. The fourth-order valence-electron chi connectivity index (χ4n) is 2.23. The first-order valence-corrected chi connectivity index (χ1v) is 5.87. The molecule has 0 heterocycles. The van der Waals surface area contributed by atoms with Gasteiger partial charge in [0.25, 0.3) is 0 Å². The molecule has 1 aliphatic rings. The standard InChI is InChI=1S/C11H21N3O2/c12-8-11(5-1-2-6-11)10(16)14-7-3-4-9(13)15/h1-8,12H2,(H2,13,15)(H,14,16). The van der Waals surface area contributed by atoms with Gasteiger partial charge in [0, 0.05) is 19.5 Å². The van der Waals surface area contributed by atoms with E-state index >= 15 is 0 Å². The van der Waals surface area contributed by atoms with E-state index in [4.69, 9.17) is 11.5 Å². The molecule has 1 fully saturated rings. The van der Waals surface area contributed by atoms with Crippen LogP contribution in [0.25, 0.3) is 0 Å². The van der Waals surface area contributed by atoms with Gasteiger partial charge in [0.05, 0.1) is 5.41 Å². The lowest BCUT2D eigenvalue weighted by Crippen LogP contribution is -2.44. The fourth-order valence-corrected chi connectivity index (χ4v) is 2.23. The molecule has 0 atom stereocenters. The van der Waals surface area contributed by atoms with Crippen LogP contribution >= 0.6 is 0 Å².